The topological polar surface area (TPSA) is 82.4 Å². The fraction of sp³-hybridized carbons (Fsp3) is 0.467. The van der Waals surface area contributed by atoms with E-state index in [1.807, 2.05) is 0 Å². The zero-order valence-corrected chi connectivity index (χ0v) is 13.5. The van der Waals surface area contributed by atoms with Crippen molar-refractivity contribution in [2.45, 2.75) is 18.9 Å². The first-order valence-corrected chi connectivity index (χ1v) is 7.58. The Morgan fingerprint density at radius 1 is 1.38 bits per heavy atom. The van der Waals surface area contributed by atoms with Gasteiger partial charge in [-0.25, -0.2) is 14.4 Å². The molecular formula is C15H18FN5O3. The van der Waals surface area contributed by atoms with Crippen molar-refractivity contribution in [1.82, 2.24) is 24.6 Å². The number of aromatic nitrogens is 4. The van der Waals surface area contributed by atoms with E-state index in [9.17, 15) is 9.18 Å². The number of ether oxygens (including phenoxy) is 2. The summed E-state index contributed by atoms with van der Waals surface area (Å²) in [7, 11) is 3.21. The van der Waals surface area contributed by atoms with Gasteiger partial charge in [-0.15, -0.1) is 5.10 Å². The number of carbonyl (C=O) groups excluding carboxylic acids is 1. The lowest BCUT2D eigenvalue weighted by Crippen LogP contribution is -2.44. The number of hydrogen-bond acceptors (Lipinski definition) is 6. The third kappa shape index (κ3) is 3.44. The molecule has 0 aromatic carbocycles. The number of hydrogen-bond donors (Lipinski definition) is 0. The van der Waals surface area contributed by atoms with Gasteiger partial charge in [0.25, 0.3) is 5.91 Å². The SMILES string of the molecule is COc1nn(C)cc1C(=O)N1CCC[C@H](Oc2ncc(F)cn2)C1. The maximum Gasteiger partial charge on any atom is 0.316 e. The van der Waals surface area contributed by atoms with E-state index >= 15 is 0 Å². The van der Waals surface area contributed by atoms with Crippen LogP contribution in [0.25, 0.3) is 0 Å². The molecule has 9 heteroatoms. The summed E-state index contributed by atoms with van der Waals surface area (Å²) in [4.78, 5) is 22.0. The van der Waals surface area contributed by atoms with E-state index in [0.29, 0.717) is 24.5 Å². The van der Waals surface area contributed by atoms with Gasteiger partial charge in [0.15, 0.2) is 5.82 Å². The third-order valence-corrected chi connectivity index (χ3v) is 3.75. The summed E-state index contributed by atoms with van der Waals surface area (Å²) >= 11 is 0. The molecule has 0 aliphatic carbocycles. The van der Waals surface area contributed by atoms with Crippen molar-refractivity contribution >= 4 is 5.91 Å². The number of halogens is 1. The van der Waals surface area contributed by atoms with Crippen LogP contribution >= 0.6 is 0 Å². The van der Waals surface area contributed by atoms with Crippen LogP contribution in [0.15, 0.2) is 18.6 Å². The number of carbonyl (C=O) groups is 1. The van der Waals surface area contributed by atoms with Crippen LogP contribution in [-0.2, 0) is 7.05 Å². The predicted molar refractivity (Wildman–Crippen MR) is 81.3 cm³/mol. The smallest absolute Gasteiger partial charge is 0.316 e. The molecule has 1 amide bonds. The van der Waals surface area contributed by atoms with Crippen molar-refractivity contribution in [3.8, 4) is 11.9 Å². The Hall–Kier alpha value is -2.71. The number of piperidine rings is 1. The van der Waals surface area contributed by atoms with Crippen LogP contribution < -0.4 is 9.47 Å². The second-order valence-electron chi connectivity index (χ2n) is 5.54. The van der Waals surface area contributed by atoms with Gasteiger partial charge in [-0.3, -0.25) is 9.48 Å². The van der Waals surface area contributed by atoms with Gasteiger partial charge in [0.1, 0.15) is 11.7 Å². The molecule has 1 aliphatic rings. The highest BCUT2D eigenvalue weighted by Gasteiger charge is 2.29. The summed E-state index contributed by atoms with van der Waals surface area (Å²) in [6.45, 7) is 1.03. The summed E-state index contributed by atoms with van der Waals surface area (Å²) < 4.78 is 25.2. The van der Waals surface area contributed by atoms with Crippen molar-refractivity contribution in [3.05, 3.63) is 30.0 Å². The molecule has 0 saturated carbocycles. The molecule has 24 heavy (non-hydrogen) atoms. The number of methoxy groups -OCH3 is 1. The van der Waals surface area contributed by atoms with Gasteiger partial charge in [-0.2, -0.15) is 0 Å². The van der Waals surface area contributed by atoms with Gasteiger partial charge in [0.2, 0.25) is 5.88 Å². The first-order valence-electron chi connectivity index (χ1n) is 7.58. The van der Waals surface area contributed by atoms with Crippen LogP contribution in [0, 0.1) is 5.82 Å². The molecule has 8 nitrogen and oxygen atoms in total. The van der Waals surface area contributed by atoms with Crippen LogP contribution in [0.1, 0.15) is 23.2 Å². The van der Waals surface area contributed by atoms with E-state index in [4.69, 9.17) is 9.47 Å². The monoisotopic (exact) mass is 335 g/mol. The quantitative estimate of drug-likeness (QED) is 0.830. The van der Waals surface area contributed by atoms with Gasteiger partial charge in [0.05, 0.1) is 26.0 Å². The van der Waals surface area contributed by atoms with E-state index in [-0.39, 0.29) is 18.0 Å². The number of amides is 1. The number of likely N-dealkylation sites (tertiary alicyclic amines) is 1. The molecule has 1 fully saturated rings. The predicted octanol–water partition coefficient (Wildman–Crippen LogP) is 1.04. The van der Waals surface area contributed by atoms with Crippen LogP contribution in [0.2, 0.25) is 0 Å². The number of aryl methyl sites for hydroxylation is 1. The summed E-state index contributed by atoms with van der Waals surface area (Å²) in [6.07, 6.45) is 5.06. The highest BCUT2D eigenvalue weighted by molar-refractivity contribution is 5.96. The molecule has 1 saturated heterocycles. The lowest BCUT2D eigenvalue weighted by Gasteiger charge is -2.32. The normalized spacial score (nSPS) is 17.6. The van der Waals surface area contributed by atoms with Crippen LogP contribution in [0.5, 0.6) is 11.9 Å². The van der Waals surface area contributed by atoms with E-state index in [2.05, 4.69) is 15.1 Å². The molecule has 128 valence electrons. The molecule has 0 unspecified atom stereocenters. The van der Waals surface area contributed by atoms with Crippen molar-refractivity contribution in [2.24, 2.45) is 7.05 Å². The Morgan fingerprint density at radius 2 is 2.12 bits per heavy atom. The average molecular weight is 335 g/mol. The van der Waals surface area contributed by atoms with E-state index < -0.39 is 5.82 Å². The average Bonchev–Trinajstić information content (AvgIpc) is 2.97. The molecule has 0 bridgehead atoms. The second-order valence-corrected chi connectivity index (χ2v) is 5.54. The summed E-state index contributed by atoms with van der Waals surface area (Å²) in [5.41, 5.74) is 0.415. The summed E-state index contributed by atoms with van der Waals surface area (Å²) in [6, 6.07) is 0.106. The van der Waals surface area contributed by atoms with Gasteiger partial charge in [-0.05, 0) is 12.8 Å². The zero-order chi connectivity index (χ0) is 17.1. The Kier molecular flexibility index (Phi) is 4.59. The Labute approximate surface area is 138 Å². The minimum atomic E-state index is -0.522. The molecule has 1 aliphatic heterocycles. The van der Waals surface area contributed by atoms with Gasteiger partial charge >= 0.3 is 6.01 Å². The molecule has 0 spiro atoms. The lowest BCUT2D eigenvalue weighted by molar-refractivity contribution is 0.0512. The molecule has 2 aromatic rings. The summed E-state index contributed by atoms with van der Waals surface area (Å²) in [5, 5.41) is 4.10. The Balaban J connectivity index is 1.68. The van der Waals surface area contributed by atoms with E-state index in [0.717, 1.165) is 25.2 Å². The fourth-order valence-electron chi connectivity index (χ4n) is 2.67. The molecule has 3 rings (SSSR count). The largest absolute Gasteiger partial charge is 0.479 e. The molecular weight excluding hydrogens is 317 g/mol. The summed E-state index contributed by atoms with van der Waals surface area (Å²) in [5.74, 6) is -0.382. The molecule has 0 N–H and O–H groups in total. The van der Waals surface area contributed by atoms with Crippen LogP contribution in [0.4, 0.5) is 4.39 Å². The zero-order valence-electron chi connectivity index (χ0n) is 13.5. The van der Waals surface area contributed by atoms with E-state index in [1.165, 1.54) is 11.8 Å². The van der Waals surface area contributed by atoms with Crippen molar-refractivity contribution < 1.29 is 18.7 Å². The van der Waals surface area contributed by atoms with Gasteiger partial charge < -0.3 is 14.4 Å². The first kappa shape index (κ1) is 16.2. The molecule has 3 heterocycles. The Bertz CT molecular complexity index is 718. The van der Waals surface area contributed by atoms with Crippen molar-refractivity contribution in [2.75, 3.05) is 20.2 Å². The third-order valence-electron chi connectivity index (χ3n) is 3.75. The van der Waals surface area contributed by atoms with Gasteiger partial charge in [-0.1, -0.05) is 0 Å². The molecule has 0 radical (unpaired) electrons. The van der Waals surface area contributed by atoms with E-state index in [1.54, 1.807) is 18.1 Å². The van der Waals surface area contributed by atoms with Crippen molar-refractivity contribution in [3.63, 3.8) is 0 Å². The highest BCUT2D eigenvalue weighted by atomic mass is 19.1. The standard InChI is InChI=1S/C15H18FN5O3/c1-20-9-12(13(19-20)23-2)14(22)21-5-3-4-11(8-21)24-15-17-6-10(16)7-18-15/h6-7,9,11H,3-5,8H2,1-2H3/t11-/m0/s1. The molecule has 1 atom stereocenters. The highest BCUT2D eigenvalue weighted by Crippen LogP contribution is 2.21. The Morgan fingerprint density at radius 3 is 2.83 bits per heavy atom. The first-order chi connectivity index (χ1) is 11.6. The maximum atomic E-state index is 12.8. The van der Waals surface area contributed by atoms with Crippen LogP contribution in [0.3, 0.4) is 0 Å². The number of rotatable bonds is 4. The minimum absolute atomic E-state index is 0.106. The fourth-order valence-corrected chi connectivity index (χ4v) is 2.67. The minimum Gasteiger partial charge on any atom is -0.479 e. The maximum absolute atomic E-state index is 12.8. The number of nitrogens with zero attached hydrogens (tertiary/aromatic N) is 5. The molecule has 2 aromatic heterocycles. The second kappa shape index (κ2) is 6.81. The van der Waals surface area contributed by atoms with Crippen molar-refractivity contribution in [1.29, 1.82) is 0 Å². The van der Waals surface area contributed by atoms with Crippen LogP contribution in [-0.4, -0.2) is 56.9 Å². The lowest BCUT2D eigenvalue weighted by atomic mass is 10.1. The van der Waals surface area contributed by atoms with Gasteiger partial charge in [0, 0.05) is 19.8 Å².